The van der Waals surface area contributed by atoms with Crippen molar-refractivity contribution in [1.29, 1.82) is 0 Å². The van der Waals surface area contributed by atoms with Crippen LogP contribution in [0.5, 0.6) is 0 Å². The van der Waals surface area contributed by atoms with Crippen LogP contribution in [-0.2, 0) is 0 Å². The third kappa shape index (κ3) is 2.78. The lowest BCUT2D eigenvalue weighted by molar-refractivity contribution is 0.0395. The van der Waals surface area contributed by atoms with Crippen LogP contribution in [-0.4, -0.2) is 24.1 Å². The van der Waals surface area contributed by atoms with E-state index < -0.39 is 6.23 Å². The quantitative estimate of drug-likeness (QED) is 0.834. The highest BCUT2D eigenvalue weighted by atomic mass is 16.3. The molecule has 0 aliphatic heterocycles. The van der Waals surface area contributed by atoms with E-state index in [-0.39, 0.29) is 0 Å². The predicted molar refractivity (Wildman–Crippen MR) is 75.3 cm³/mol. The largest absolute Gasteiger partial charge is 0.374 e. The zero-order valence-electron chi connectivity index (χ0n) is 11.1. The van der Waals surface area contributed by atoms with Gasteiger partial charge in [-0.3, -0.25) is 4.90 Å². The first kappa shape index (κ1) is 12.8. The highest BCUT2D eigenvalue weighted by Gasteiger charge is 2.09. The summed E-state index contributed by atoms with van der Waals surface area (Å²) in [5.41, 5.74) is 4.55. The summed E-state index contributed by atoms with van der Waals surface area (Å²) in [7, 11) is 3.72. The second kappa shape index (κ2) is 5.34. The van der Waals surface area contributed by atoms with Gasteiger partial charge in [0.25, 0.3) is 0 Å². The van der Waals surface area contributed by atoms with Gasteiger partial charge in [0.1, 0.15) is 6.23 Å². The predicted octanol–water partition coefficient (Wildman–Crippen LogP) is 3.21. The van der Waals surface area contributed by atoms with Crippen molar-refractivity contribution in [3.8, 4) is 11.1 Å². The lowest BCUT2D eigenvalue weighted by Crippen LogP contribution is -2.18. The van der Waals surface area contributed by atoms with Crippen molar-refractivity contribution in [2.24, 2.45) is 0 Å². The molecule has 2 aromatic carbocycles. The average Bonchev–Trinajstić information content (AvgIpc) is 2.39. The molecule has 1 N–H and O–H groups in total. The van der Waals surface area contributed by atoms with Crippen molar-refractivity contribution < 1.29 is 5.11 Å². The lowest BCUT2D eigenvalue weighted by atomic mass is 10.0. The van der Waals surface area contributed by atoms with Crippen LogP contribution in [0.15, 0.2) is 48.5 Å². The van der Waals surface area contributed by atoms with Crippen molar-refractivity contribution in [3.05, 3.63) is 59.7 Å². The standard InChI is InChI=1S/C16H19NO/c1-12-4-6-13(7-5-12)14-8-10-15(11-9-14)16(18)17(2)3/h4-11,16,18H,1-3H3. The van der Waals surface area contributed by atoms with E-state index in [9.17, 15) is 5.11 Å². The second-order valence-corrected chi connectivity index (χ2v) is 4.83. The van der Waals surface area contributed by atoms with E-state index in [1.54, 1.807) is 4.90 Å². The molecule has 0 amide bonds. The number of aryl methyl sites for hydroxylation is 1. The van der Waals surface area contributed by atoms with Gasteiger partial charge in [-0.1, -0.05) is 54.1 Å². The fourth-order valence-electron chi connectivity index (χ4n) is 1.89. The summed E-state index contributed by atoms with van der Waals surface area (Å²) in [4.78, 5) is 1.78. The molecular formula is C16H19NO. The Morgan fingerprint density at radius 1 is 0.833 bits per heavy atom. The van der Waals surface area contributed by atoms with Crippen LogP contribution >= 0.6 is 0 Å². The van der Waals surface area contributed by atoms with E-state index in [1.807, 2.05) is 38.4 Å². The van der Waals surface area contributed by atoms with Crippen molar-refractivity contribution in [1.82, 2.24) is 4.90 Å². The number of rotatable bonds is 3. The molecule has 0 fully saturated rings. The lowest BCUT2D eigenvalue weighted by Gasteiger charge is -2.18. The first-order valence-corrected chi connectivity index (χ1v) is 6.09. The monoisotopic (exact) mass is 241 g/mol. The first-order valence-electron chi connectivity index (χ1n) is 6.09. The van der Waals surface area contributed by atoms with E-state index in [2.05, 4.69) is 31.2 Å². The average molecular weight is 241 g/mol. The van der Waals surface area contributed by atoms with Gasteiger partial charge < -0.3 is 5.11 Å². The van der Waals surface area contributed by atoms with E-state index in [1.165, 1.54) is 16.7 Å². The van der Waals surface area contributed by atoms with Gasteiger partial charge in [-0.2, -0.15) is 0 Å². The summed E-state index contributed by atoms with van der Waals surface area (Å²) in [5, 5.41) is 9.92. The molecule has 94 valence electrons. The number of nitrogens with zero attached hydrogens (tertiary/aromatic N) is 1. The maximum absolute atomic E-state index is 9.92. The smallest absolute Gasteiger partial charge is 0.133 e. The molecule has 0 heterocycles. The molecule has 0 aliphatic carbocycles. The molecule has 0 spiro atoms. The van der Waals surface area contributed by atoms with Crippen LogP contribution in [0.3, 0.4) is 0 Å². The van der Waals surface area contributed by atoms with Crippen molar-refractivity contribution >= 4 is 0 Å². The van der Waals surface area contributed by atoms with Crippen molar-refractivity contribution in [2.45, 2.75) is 13.2 Å². The molecule has 2 rings (SSSR count). The molecule has 2 heteroatoms. The summed E-state index contributed by atoms with van der Waals surface area (Å²) in [6.07, 6.45) is -0.544. The number of aliphatic hydroxyl groups is 1. The van der Waals surface area contributed by atoms with Gasteiger partial charge in [-0.05, 0) is 37.7 Å². The summed E-state index contributed by atoms with van der Waals surface area (Å²) in [6, 6.07) is 16.5. The third-order valence-electron chi connectivity index (χ3n) is 3.08. The van der Waals surface area contributed by atoms with Gasteiger partial charge in [-0.25, -0.2) is 0 Å². The Morgan fingerprint density at radius 2 is 1.28 bits per heavy atom. The Labute approximate surface area is 109 Å². The van der Waals surface area contributed by atoms with Gasteiger partial charge in [-0.15, -0.1) is 0 Å². The number of hydrogen-bond acceptors (Lipinski definition) is 2. The molecule has 0 bridgehead atoms. The van der Waals surface area contributed by atoms with Crippen LogP contribution in [0.2, 0.25) is 0 Å². The van der Waals surface area contributed by atoms with Crippen molar-refractivity contribution in [2.75, 3.05) is 14.1 Å². The SMILES string of the molecule is Cc1ccc(-c2ccc(C(O)N(C)C)cc2)cc1. The van der Waals surface area contributed by atoms with Gasteiger partial charge in [0.05, 0.1) is 0 Å². The number of benzene rings is 2. The summed E-state index contributed by atoms with van der Waals surface area (Å²) in [6.45, 7) is 2.08. The van der Waals surface area contributed by atoms with Gasteiger partial charge >= 0.3 is 0 Å². The zero-order chi connectivity index (χ0) is 13.1. The molecule has 2 aromatic rings. The van der Waals surface area contributed by atoms with Gasteiger partial charge in [0, 0.05) is 0 Å². The minimum absolute atomic E-state index is 0.544. The Balaban J connectivity index is 2.24. The molecular weight excluding hydrogens is 222 g/mol. The second-order valence-electron chi connectivity index (χ2n) is 4.83. The normalized spacial score (nSPS) is 12.7. The maximum atomic E-state index is 9.92. The third-order valence-corrected chi connectivity index (χ3v) is 3.08. The number of hydrogen-bond donors (Lipinski definition) is 1. The first-order chi connectivity index (χ1) is 8.58. The molecule has 18 heavy (non-hydrogen) atoms. The number of aliphatic hydroxyl groups excluding tert-OH is 1. The van der Waals surface area contributed by atoms with Crippen LogP contribution in [0.25, 0.3) is 11.1 Å². The molecule has 1 atom stereocenters. The zero-order valence-corrected chi connectivity index (χ0v) is 11.1. The fraction of sp³-hybridized carbons (Fsp3) is 0.250. The van der Waals surface area contributed by atoms with Crippen LogP contribution < -0.4 is 0 Å². The fourth-order valence-corrected chi connectivity index (χ4v) is 1.89. The van der Waals surface area contributed by atoms with Crippen LogP contribution in [0.1, 0.15) is 17.4 Å². The molecule has 0 radical (unpaired) electrons. The van der Waals surface area contributed by atoms with E-state index in [0.29, 0.717) is 0 Å². The molecule has 0 saturated carbocycles. The molecule has 0 aromatic heterocycles. The summed E-state index contributed by atoms with van der Waals surface area (Å²) >= 11 is 0. The molecule has 0 saturated heterocycles. The highest BCUT2D eigenvalue weighted by Crippen LogP contribution is 2.23. The Morgan fingerprint density at radius 3 is 1.72 bits per heavy atom. The highest BCUT2D eigenvalue weighted by molar-refractivity contribution is 5.63. The maximum Gasteiger partial charge on any atom is 0.133 e. The molecule has 0 aliphatic rings. The van der Waals surface area contributed by atoms with Crippen molar-refractivity contribution in [3.63, 3.8) is 0 Å². The Kier molecular flexibility index (Phi) is 3.80. The minimum atomic E-state index is -0.544. The summed E-state index contributed by atoms with van der Waals surface area (Å²) in [5.74, 6) is 0. The Hall–Kier alpha value is -1.64. The molecule has 2 nitrogen and oxygen atoms in total. The van der Waals surface area contributed by atoms with Crippen LogP contribution in [0, 0.1) is 6.92 Å². The topological polar surface area (TPSA) is 23.5 Å². The summed E-state index contributed by atoms with van der Waals surface area (Å²) < 4.78 is 0. The van der Waals surface area contributed by atoms with Gasteiger partial charge in [0.2, 0.25) is 0 Å². The van der Waals surface area contributed by atoms with Crippen LogP contribution in [0.4, 0.5) is 0 Å². The van der Waals surface area contributed by atoms with E-state index in [4.69, 9.17) is 0 Å². The van der Waals surface area contributed by atoms with E-state index >= 15 is 0 Å². The Bertz CT molecular complexity index is 500. The van der Waals surface area contributed by atoms with E-state index in [0.717, 1.165) is 5.56 Å². The molecule has 1 unspecified atom stereocenters. The minimum Gasteiger partial charge on any atom is -0.374 e. The van der Waals surface area contributed by atoms with Gasteiger partial charge in [0.15, 0.2) is 0 Å².